The van der Waals surface area contributed by atoms with Crippen LogP contribution < -0.4 is 0 Å². The summed E-state index contributed by atoms with van der Waals surface area (Å²) in [5.41, 5.74) is 1.95. The van der Waals surface area contributed by atoms with E-state index in [0.29, 0.717) is 16.7 Å². The molecule has 0 aromatic rings. The van der Waals surface area contributed by atoms with E-state index < -0.39 is 0 Å². The summed E-state index contributed by atoms with van der Waals surface area (Å²) < 4.78 is 0. The quantitative estimate of drug-likeness (QED) is 0.452. The Hall–Kier alpha value is -2.39. The fraction of sp³-hybridized carbons (Fsp3) is 0.154. The van der Waals surface area contributed by atoms with Gasteiger partial charge in [0, 0.05) is 16.7 Å². The number of allylic oxidation sites excluding steroid dienone is 7. The van der Waals surface area contributed by atoms with Crippen LogP contribution in [-0.2, 0) is 4.79 Å². The molecule has 0 saturated heterocycles. The third-order valence-electron chi connectivity index (χ3n) is 2.72. The van der Waals surface area contributed by atoms with Gasteiger partial charge < -0.3 is 0 Å². The van der Waals surface area contributed by atoms with Crippen LogP contribution in [0, 0.1) is 22.7 Å². The number of rotatable bonds is 0. The topological polar surface area (TPSA) is 64.7 Å². The normalized spacial score (nSPS) is 18.2. The summed E-state index contributed by atoms with van der Waals surface area (Å²) in [6, 6.07) is 3.63. The minimum absolute atomic E-state index is 0.0325. The van der Waals surface area contributed by atoms with Gasteiger partial charge in [0.1, 0.15) is 17.7 Å². The Morgan fingerprint density at radius 2 is 1.75 bits per heavy atom. The average molecular weight is 208 g/mol. The molecule has 1 fully saturated rings. The molecule has 3 nitrogen and oxygen atoms in total. The number of hydrogen-bond acceptors (Lipinski definition) is 3. The van der Waals surface area contributed by atoms with Crippen LogP contribution in [-0.4, -0.2) is 5.78 Å². The molecule has 76 valence electrons. The molecule has 0 unspecified atom stereocenters. The lowest BCUT2D eigenvalue weighted by Gasteiger charge is -2.06. The van der Waals surface area contributed by atoms with E-state index in [1.54, 1.807) is 0 Å². The molecule has 0 N–H and O–H groups in total. The van der Waals surface area contributed by atoms with E-state index in [2.05, 4.69) is 6.58 Å². The highest BCUT2D eigenvalue weighted by atomic mass is 16.1. The molecule has 16 heavy (non-hydrogen) atoms. The molecule has 0 aromatic carbocycles. The molecule has 0 radical (unpaired) electrons. The zero-order valence-corrected chi connectivity index (χ0v) is 8.58. The number of Topliss-reactive ketones (excluding diaryl/α,β-unsaturated/α-hetero) is 1. The first-order valence-corrected chi connectivity index (χ1v) is 4.90. The predicted octanol–water partition coefficient (Wildman–Crippen LogP) is 2.12. The number of carbonyl (C=O) groups excluding carboxylic acids is 1. The van der Waals surface area contributed by atoms with E-state index in [-0.39, 0.29) is 16.9 Å². The number of nitriles is 2. The maximum atomic E-state index is 11.8. The minimum Gasteiger partial charge on any atom is -0.289 e. The van der Waals surface area contributed by atoms with Gasteiger partial charge in [-0.2, -0.15) is 10.5 Å². The monoisotopic (exact) mass is 208 g/mol. The van der Waals surface area contributed by atoms with Crippen molar-refractivity contribution in [3.05, 3.63) is 46.6 Å². The highest BCUT2D eigenvalue weighted by molar-refractivity contribution is 6.21. The Morgan fingerprint density at radius 1 is 1.19 bits per heavy atom. The number of carbonyl (C=O) groups is 1. The Balaban J connectivity index is 2.72. The van der Waals surface area contributed by atoms with E-state index in [0.717, 1.165) is 12.8 Å². The van der Waals surface area contributed by atoms with Crippen molar-refractivity contribution in [1.29, 1.82) is 10.5 Å². The number of fused-ring (bicyclic) bond motifs is 1. The molecule has 0 atom stereocenters. The zero-order valence-electron chi connectivity index (χ0n) is 8.58. The molecule has 0 bridgehead atoms. The molecule has 1 saturated carbocycles. The average Bonchev–Trinajstić information content (AvgIpc) is 2.57. The standard InChI is InChI=1S/C13H8N2O/c1-8-12(9(6-14)7-15)10-4-2-3-5-11(10)13(8)16/h4-5H,1-3H2. The molecule has 2 aliphatic carbocycles. The van der Waals surface area contributed by atoms with Gasteiger partial charge in [0.15, 0.2) is 5.78 Å². The fourth-order valence-electron chi connectivity index (χ4n) is 1.99. The lowest BCUT2D eigenvalue weighted by atomic mass is 9.96. The van der Waals surface area contributed by atoms with Gasteiger partial charge in [-0.15, -0.1) is 0 Å². The molecule has 2 aliphatic rings. The maximum Gasteiger partial charge on any atom is 0.193 e. The fourth-order valence-corrected chi connectivity index (χ4v) is 1.99. The molecule has 3 heteroatoms. The van der Waals surface area contributed by atoms with Crippen LogP contribution in [0.5, 0.6) is 0 Å². The summed E-state index contributed by atoms with van der Waals surface area (Å²) in [5, 5.41) is 17.7. The van der Waals surface area contributed by atoms with Gasteiger partial charge in [0.25, 0.3) is 0 Å². The molecule has 0 spiro atoms. The van der Waals surface area contributed by atoms with E-state index in [9.17, 15) is 4.79 Å². The lowest BCUT2D eigenvalue weighted by molar-refractivity contribution is -0.111. The van der Waals surface area contributed by atoms with Gasteiger partial charge in [-0.05, 0) is 18.4 Å². The third-order valence-corrected chi connectivity index (χ3v) is 2.72. The molecular weight excluding hydrogens is 200 g/mol. The first-order valence-electron chi connectivity index (χ1n) is 4.90. The summed E-state index contributed by atoms with van der Waals surface area (Å²) in [6.07, 6.45) is 5.39. The molecular formula is C13H8N2O. The van der Waals surface area contributed by atoms with Gasteiger partial charge in [0.2, 0.25) is 0 Å². The van der Waals surface area contributed by atoms with Crippen LogP contribution in [0.3, 0.4) is 0 Å². The van der Waals surface area contributed by atoms with Gasteiger partial charge in [0.05, 0.1) is 0 Å². The van der Waals surface area contributed by atoms with Crippen molar-refractivity contribution in [3.63, 3.8) is 0 Å². The van der Waals surface area contributed by atoms with E-state index >= 15 is 0 Å². The SMILES string of the molecule is C=C1C(=O)C2=CCCC=C2C1=C(C#N)C#N. The van der Waals surface area contributed by atoms with Crippen molar-refractivity contribution in [2.24, 2.45) is 0 Å². The van der Waals surface area contributed by atoms with Crippen LogP contribution in [0.2, 0.25) is 0 Å². The van der Waals surface area contributed by atoms with Crippen molar-refractivity contribution < 1.29 is 4.79 Å². The number of ketones is 1. The van der Waals surface area contributed by atoms with Crippen molar-refractivity contribution in [2.75, 3.05) is 0 Å². The van der Waals surface area contributed by atoms with Crippen LogP contribution >= 0.6 is 0 Å². The van der Waals surface area contributed by atoms with E-state index in [1.165, 1.54) is 0 Å². The lowest BCUT2D eigenvalue weighted by Crippen LogP contribution is -1.96. The Bertz CT molecular complexity index is 558. The second-order valence-electron chi connectivity index (χ2n) is 3.59. The second kappa shape index (κ2) is 3.64. The largest absolute Gasteiger partial charge is 0.289 e. The van der Waals surface area contributed by atoms with Crippen molar-refractivity contribution in [2.45, 2.75) is 12.8 Å². The third kappa shape index (κ3) is 1.23. The van der Waals surface area contributed by atoms with Crippen LogP contribution in [0.15, 0.2) is 46.6 Å². The Kier molecular flexibility index (Phi) is 2.31. The Morgan fingerprint density at radius 3 is 2.31 bits per heavy atom. The zero-order chi connectivity index (χ0) is 11.7. The van der Waals surface area contributed by atoms with Crippen molar-refractivity contribution in [1.82, 2.24) is 0 Å². The summed E-state index contributed by atoms with van der Waals surface area (Å²) in [6.45, 7) is 3.67. The smallest absolute Gasteiger partial charge is 0.193 e. The molecule has 0 amide bonds. The van der Waals surface area contributed by atoms with Crippen LogP contribution in [0.25, 0.3) is 0 Å². The van der Waals surface area contributed by atoms with Gasteiger partial charge in [-0.1, -0.05) is 18.7 Å². The second-order valence-corrected chi connectivity index (χ2v) is 3.59. The van der Waals surface area contributed by atoms with Crippen LogP contribution in [0.4, 0.5) is 0 Å². The summed E-state index contributed by atoms with van der Waals surface area (Å²) in [7, 11) is 0. The molecule has 0 aromatic heterocycles. The first-order chi connectivity index (χ1) is 7.70. The van der Waals surface area contributed by atoms with E-state index in [4.69, 9.17) is 10.5 Å². The first kappa shape index (κ1) is 10.1. The Labute approximate surface area is 93.3 Å². The highest BCUT2D eigenvalue weighted by Gasteiger charge is 2.34. The van der Waals surface area contributed by atoms with Crippen LogP contribution in [0.1, 0.15) is 12.8 Å². The maximum absolute atomic E-state index is 11.8. The van der Waals surface area contributed by atoms with Crippen molar-refractivity contribution >= 4 is 5.78 Å². The van der Waals surface area contributed by atoms with Gasteiger partial charge >= 0.3 is 0 Å². The summed E-state index contributed by atoms with van der Waals surface area (Å²) in [4.78, 5) is 11.8. The summed E-state index contributed by atoms with van der Waals surface area (Å²) >= 11 is 0. The van der Waals surface area contributed by atoms with Gasteiger partial charge in [-0.3, -0.25) is 4.79 Å². The molecule has 2 rings (SSSR count). The number of hydrogen-bond donors (Lipinski definition) is 0. The molecule has 0 aliphatic heterocycles. The number of nitrogens with zero attached hydrogens (tertiary/aromatic N) is 2. The molecule has 0 heterocycles. The predicted molar refractivity (Wildman–Crippen MR) is 57.8 cm³/mol. The minimum atomic E-state index is -0.163. The van der Waals surface area contributed by atoms with Gasteiger partial charge in [-0.25, -0.2) is 0 Å². The van der Waals surface area contributed by atoms with E-state index in [1.807, 2.05) is 24.3 Å². The highest BCUT2D eigenvalue weighted by Crippen LogP contribution is 2.40. The summed E-state index contributed by atoms with van der Waals surface area (Å²) in [5.74, 6) is -0.163. The van der Waals surface area contributed by atoms with Crippen molar-refractivity contribution in [3.8, 4) is 12.1 Å².